The molecule has 2 N–H and O–H groups in total. The Morgan fingerprint density at radius 1 is 1.16 bits per heavy atom. The molecule has 0 saturated heterocycles. The van der Waals surface area contributed by atoms with Gasteiger partial charge in [-0.25, -0.2) is 24.3 Å². The SMILES string of the molecule is [2H]c1nc(C)nc([2H])c1-c1cc(NC[C@@H](C)c2ccc(F)c3c(C(=O)NC)ccnc23)ncn1. The number of fused-ring (bicyclic) bond motifs is 1. The molecule has 3 heterocycles. The molecule has 0 aliphatic carbocycles. The van der Waals surface area contributed by atoms with E-state index in [0.717, 1.165) is 5.56 Å². The van der Waals surface area contributed by atoms with Gasteiger partial charge in [0.25, 0.3) is 5.91 Å². The van der Waals surface area contributed by atoms with Crippen LogP contribution >= 0.6 is 0 Å². The first-order valence-corrected chi connectivity index (χ1v) is 9.97. The number of aromatic nitrogens is 5. The van der Waals surface area contributed by atoms with E-state index in [1.807, 2.05) is 6.92 Å². The van der Waals surface area contributed by atoms with Crippen molar-refractivity contribution in [1.29, 1.82) is 0 Å². The molecule has 0 bridgehead atoms. The third kappa shape index (κ3) is 4.22. The van der Waals surface area contributed by atoms with Crippen LogP contribution in [0.4, 0.5) is 10.2 Å². The molecule has 9 heteroatoms. The number of aryl methyl sites for hydroxylation is 1. The topological polar surface area (TPSA) is 106 Å². The predicted molar refractivity (Wildman–Crippen MR) is 120 cm³/mol. The van der Waals surface area contributed by atoms with Crippen molar-refractivity contribution in [2.45, 2.75) is 19.8 Å². The predicted octanol–water partition coefficient (Wildman–Crippen LogP) is 3.50. The molecule has 0 unspecified atom stereocenters. The van der Waals surface area contributed by atoms with Crippen LogP contribution in [0.2, 0.25) is 0 Å². The molecule has 8 nitrogen and oxygen atoms in total. The largest absolute Gasteiger partial charge is 0.369 e. The highest BCUT2D eigenvalue weighted by molar-refractivity contribution is 6.06. The van der Waals surface area contributed by atoms with Crippen LogP contribution in [0.1, 0.15) is 37.3 Å². The second-order valence-corrected chi connectivity index (χ2v) is 7.24. The number of hydrogen-bond acceptors (Lipinski definition) is 7. The van der Waals surface area contributed by atoms with Gasteiger partial charge in [0, 0.05) is 55.1 Å². The van der Waals surface area contributed by atoms with E-state index >= 15 is 0 Å². The van der Waals surface area contributed by atoms with E-state index in [0.29, 0.717) is 29.4 Å². The van der Waals surface area contributed by atoms with Gasteiger partial charge < -0.3 is 10.6 Å². The maximum atomic E-state index is 14.6. The molecule has 1 atom stereocenters. The molecule has 4 aromatic rings. The van der Waals surface area contributed by atoms with Crippen LogP contribution in [0.5, 0.6) is 0 Å². The summed E-state index contributed by atoms with van der Waals surface area (Å²) in [6.45, 7) is 4.00. The van der Waals surface area contributed by atoms with Crippen molar-refractivity contribution in [3.05, 3.63) is 71.9 Å². The molecular weight excluding hydrogens is 409 g/mol. The van der Waals surface area contributed by atoms with Crippen molar-refractivity contribution in [3.63, 3.8) is 0 Å². The number of pyridine rings is 1. The van der Waals surface area contributed by atoms with Gasteiger partial charge in [-0.05, 0) is 24.6 Å². The number of carbonyl (C=O) groups is 1. The van der Waals surface area contributed by atoms with Crippen molar-refractivity contribution in [1.82, 2.24) is 30.2 Å². The van der Waals surface area contributed by atoms with Crippen LogP contribution < -0.4 is 10.6 Å². The van der Waals surface area contributed by atoms with Crippen LogP contribution in [0.15, 0.2) is 49.1 Å². The Hall–Kier alpha value is -4.01. The first-order valence-electron chi connectivity index (χ1n) is 11.0. The first-order chi connectivity index (χ1) is 16.3. The lowest BCUT2D eigenvalue weighted by Gasteiger charge is -2.17. The fraction of sp³-hybridized carbons (Fsp3) is 0.217. The number of rotatable bonds is 6. The fourth-order valence-electron chi connectivity index (χ4n) is 3.37. The summed E-state index contributed by atoms with van der Waals surface area (Å²) in [7, 11) is 1.50. The lowest BCUT2D eigenvalue weighted by atomic mass is 9.95. The van der Waals surface area contributed by atoms with E-state index in [-0.39, 0.29) is 40.7 Å². The van der Waals surface area contributed by atoms with Crippen molar-refractivity contribution in [3.8, 4) is 11.3 Å². The first kappa shape index (κ1) is 18.7. The average Bonchev–Trinajstić information content (AvgIpc) is 2.81. The lowest BCUT2D eigenvalue weighted by molar-refractivity contribution is 0.0964. The number of benzene rings is 1. The van der Waals surface area contributed by atoms with E-state index in [4.69, 9.17) is 2.74 Å². The third-order valence-electron chi connectivity index (χ3n) is 5.05. The molecule has 0 aliphatic rings. The van der Waals surface area contributed by atoms with Crippen molar-refractivity contribution in [2.75, 3.05) is 18.9 Å². The Morgan fingerprint density at radius 3 is 2.69 bits per heavy atom. The normalized spacial score (nSPS) is 12.8. The molecular formula is C23H22FN7O. The number of anilines is 1. The summed E-state index contributed by atoms with van der Waals surface area (Å²) < 4.78 is 30.8. The summed E-state index contributed by atoms with van der Waals surface area (Å²) in [5, 5.41) is 5.93. The van der Waals surface area contributed by atoms with Crippen molar-refractivity contribution in [2.24, 2.45) is 0 Å². The van der Waals surface area contributed by atoms with E-state index < -0.39 is 5.82 Å². The number of hydrogen-bond donors (Lipinski definition) is 2. The Balaban J connectivity index is 1.61. The summed E-state index contributed by atoms with van der Waals surface area (Å²) in [5.41, 5.74) is 2.01. The van der Waals surface area contributed by atoms with Gasteiger partial charge >= 0.3 is 0 Å². The van der Waals surface area contributed by atoms with Gasteiger partial charge in [0.1, 0.15) is 23.8 Å². The number of carbonyl (C=O) groups excluding carboxylic acids is 1. The molecule has 162 valence electrons. The number of nitrogens with zero attached hydrogens (tertiary/aromatic N) is 5. The Kier molecular flexibility index (Phi) is 5.27. The Morgan fingerprint density at radius 2 is 1.94 bits per heavy atom. The minimum absolute atomic E-state index is 0.0775. The Bertz CT molecular complexity index is 1380. The van der Waals surface area contributed by atoms with Gasteiger partial charge in [0.05, 0.1) is 19.5 Å². The zero-order chi connectivity index (χ0) is 24.4. The molecule has 1 amide bonds. The molecule has 0 saturated carbocycles. The summed E-state index contributed by atoms with van der Waals surface area (Å²) >= 11 is 0. The lowest BCUT2D eigenvalue weighted by Crippen LogP contribution is -2.19. The Labute approximate surface area is 187 Å². The van der Waals surface area contributed by atoms with Crippen LogP contribution in [0, 0.1) is 12.7 Å². The standard InChI is InChI=1S/C23H22FN7O/c1-13(9-29-20-8-19(30-12-31-20)15-10-27-14(2)28-11-15)16-4-5-18(24)21-17(23(32)25-3)6-7-26-22(16)21/h4-8,10-13H,9H2,1-3H3,(H,25,32)(H,29,30,31)/t13-/m1/s1/i10D,11D. The monoisotopic (exact) mass is 433 g/mol. The van der Waals surface area contributed by atoms with Gasteiger partial charge in [-0.3, -0.25) is 9.78 Å². The number of amides is 1. The maximum Gasteiger partial charge on any atom is 0.251 e. The second-order valence-electron chi connectivity index (χ2n) is 7.24. The molecule has 0 aliphatic heterocycles. The fourth-order valence-corrected chi connectivity index (χ4v) is 3.37. The minimum Gasteiger partial charge on any atom is -0.369 e. The van der Waals surface area contributed by atoms with E-state index in [9.17, 15) is 9.18 Å². The molecule has 0 radical (unpaired) electrons. The quantitative estimate of drug-likeness (QED) is 0.479. The van der Waals surface area contributed by atoms with Crippen LogP contribution in [0.25, 0.3) is 22.2 Å². The van der Waals surface area contributed by atoms with E-state index in [2.05, 4.69) is 35.6 Å². The van der Waals surface area contributed by atoms with E-state index in [1.165, 1.54) is 31.7 Å². The number of halogens is 1. The zero-order valence-electron chi connectivity index (χ0n) is 19.8. The second kappa shape index (κ2) is 9.01. The molecule has 32 heavy (non-hydrogen) atoms. The van der Waals surface area contributed by atoms with Gasteiger partial charge in [0.2, 0.25) is 0 Å². The summed E-state index contributed by atoms with van der Waals surface area (Å²) in [6, 6.07) is 6.13. The summed E-state index contributed by atoms with van der Waals surface area (Å²) in [5.74, 6) is -0.175. The van der Waals surface area contributed by atoms with Gasteiger partial charge in [-0.2, -0.15) is 0 Å². The van der Waals surface area contributed by atoms with Gasteiger partial charge in [-0.1, -0.05) is 13.0 Å². The number of nitrogens with one attached hydrogen (secondary N) is 2. The van der Waals surface area contributed by atoms with Crippen LogP contribution in [-0.2, 0) is 0 Å². The molecule has 1 aromatic carbocycles. The van der Waals surface area contributed by atoms with Gasteiger partial charge in [-0.15, -0.1) is 0 Å². The van der Waals surface area contributed by atoms with E-state index in [1.54, 1.807) is 19.1 Å². The molecule has 3 aromatic heterocycles. The molecule has 4 rings (SSSR count). The highest BCUT2D eigenvalue weighted by Gasteiger charge is 2.18. The highest BCUT2D eigenvalue weighted by atomic mass is 19.1. The van der Waals surface area contributed by atoms with Crippen molar-refractivity contribution < 1.29 is 11.9 Å². The third-order valence-corrected chi connectivity index (χ3v) is 5.05. The van der Waals surface area contributed by atoms with Gasteiger partial charge in [0.15, 0.2) is 0 Å². The highest BCUT2D eigenvalue weighted by Crippen LogP contribution is 2.29. The smallest absolute Gasteiger partial charge is 0.251 e. The average molecular weight is 433 g/mol. The maximum absolute atomic E-state index is 14.6. The molecule has 0 fully saturated rings. The summed E-state index contributed by atoms with van der Waals surface area (Å²) in [4.78, 5) is 33.0. The molecule has 0 spiro atoms. The summed E-state index contributed by atoms with van der Waals surface area (Å²) in [6.07, 6.45) is 2.68. The zero-order valence-corrected chi connectivity index (χ0v) is 17.8. The minimum atomic E-state index is -0.510. The van der Waals surface area contributed by atoms with Crippen LogP contribution in [-0.4, -0.2) is 44.4 Å². The van der Waals surface area contributed by atoms with Crippen LogP contribution in [0.3, 0.4) is 0 Å². The van der Waals surface area contributed by atoms with Crippen molar-refractivity contribution >= 4 is 22.6 Å².